The number of rotatable bonds is 6. The van der Waals surface area contributed by atoms with Crippen LogP contribution >= 0.6 is 11.6 Å². The van der Waals surface area contributed by atoms with Gasteiger partial charge in [-0.15, -0.1) is 11.6 Å². The minimum Gasteiger partial charge on any atom is -0.327 e. The number of hydrogen-bond donors (Lipinski definition) is 0. The third kappa shape index (κ3) is 2.86. The van der Waals surface area contributed by atoms with Gasteiger partial charge in [0.25, 0.3) is 0 Å². The fourth-order valence-corrected chi connectivity index (χ4v) is 2.54. The number of halogens is 1. The van der Waals surface area contributed by atoms with Crippen LogP contribution in [0.15, 0.2) is 18.2 Å². The number of fused-ring (bicyclic) bond motifs is 1. The van der Waals surface area contributed by atoms with Gasteiger partial charge in [-0.05, 0) is 31.0 Å². The van der Waals surface area contributed by atoms with E-state index in [0.29, 0.717) is 5.88 Å². The number of benzene rings is 1. The van der Waals surface area contributed by atoms with E-state index >= 15 is 0 Å². The largest absolute Gasteiger partial charge is 0.327 e. The molecule has 0 spiro atoms. The number of imidazole rings is 1. The first-order valence-corrected chi connectivity index (χ1v) is 7.31. The predicted octanol–water partition coefficient (Wildman–Crippen LogP) is 4.66. The number of unbranched alkanes of at least 4 members (excludes halogenated alkanes) is 3. The summed E-state index contributed by atoms with van der Waals surface area (Å²) in [5.74, 6) is 1.48. The molecule has 0 saturated carbocycles. The van der Waals surface area contributed by atoms with Crippen LogP contribution in [-0.4, -0.2) is 9.55 Å². The molecule has 18 heavy (non-hydrogen) atoms. The molecule has 0 atom stereocenters. The van der Waals surface area contributed by atoms with E-state index in [4.69, 9.17) is 11.6 Å². The fraction of sp³-hybridized carbons (Fsp3) is 0.533. The van der Waals surface area contributed by atoms with Crippen LogP contribution < -0.4 is 0 Å². The lowest BCUT2D eigenvalue weighted by Gasteiger charge is -2.07. The number of alkyl halides is 1. The normalized spacial score (nSPS) is 11.3. The molecular weight excluding hydrogens is 244 g/mol. The second kappa shape index (κ2) is 6.24. The van der Waals surface area contributed by atoms with Crippen LogP contribution in [0.5, 0.6) is 0 Å². The maximum atomic E-state index is 6.00. The number of nitrogens with zero attached hydrogens (tertiary/aromatic N) is 2. The zero-order valence-electron chi connectivity index (χ0n) is 11.2. The molecule has 0 aliphatic carbocycles. The van der Waals surface area contributed by atoms with E-state index < -0.39 is 0 Å². The second-order valence-electron chi connectivity index (χ2n) is 4.87. The summed E-state index contributed by atoms with van der Waals surface area (Å²) in [4.78, 5) is 4.62. The van der Waals surface area contributed by atoms with E-state index in [0.717, 1.165) is 17.9 Å². The molecule has 2 nitrogen and oxygen atoms in total. The van der Waals surface area contributed by atoms with Crippen molar-refractivity contribution in [1.29, 1.82) is 0 Å². The molecule has 0 aliphatic rings. The third-order valence-electron chi connectivity index (χ3n) is 3.34. The highest BCUT2D eigenvalue weighted by atomic mass is 35.5. The highest BCUT2D eigenvalue weighted by molar-refractivity contribution is 6.16. The summed E-state index contributed by atoms with van der Waals surface area (Å²) in [6, 6.07) is 6.44. The van der Waals surface area contributed by atoms with Crippen molar-refractivity contribution in [3.05, 3.63) is 29.6 Å². The molecule has 0 bridgehead atoms. The monoisotopic (exact) mass is 264 g/mol. The van der Waals surface area contributed by atoms with Gasteiger partial charge in [0, 0.05) is 6.54 Å². The van der Waals surface area contributed by atoms with Crippen molar-refractivity contribution >= 4 is 22.6 Å². The van der Waals surface area contributed by atoms with E-state index in [1.165, 1.54) is 36.8 Å². The minimum atomic E-state index is 0.488. The van der Waals surface area contributed by atoms with Gasteiger partial charge in [-0.25, -0.2) is 4.98 Å². The molecule has 0 saturated heterocycles. The molecule has 0 aliphatic heterocycles. The van der Waals surface area contributed by atoms with E-state index in [-0.39, 0.29) is 0 Å². The molecule has 0 fully saturated rings. The summed E-state index contributed by atoms with van der Waals surface area (Å²) in [5, 5.41) is 0. The second-order valence-corrected chi connectivity index (χ2v) is 5.13. The summed E-state index contributed by atoms with van der Waals surface area (Å²) in [5.41, 5.74) is 3.54. The van der Waals surface area contributed by atoms with Crippen molar-refractivity contribution in [1.82, 2.24) is 9.55 Å². The van der Waals surface area contributed by atoms with Gasteiger partial charge in [-0.2, -0.15) is 0 Å². The first-order valence-electron chi connectivity index (χ1n) is 6.78. The Labute approximate surface area is 114 Å². The summed E-state index contributed by atoms with van der Waals surface area (Å²) in [6.07, 6.45) is 5.06. The van der Waals surface area contributed by atoms with Gasteiger partial charge in [-0.1, -0.05) is 32.3 Å². The average molecular weight is 265 g/mol. The number of aryl methyl sites for hydroxylation is 2. The Morgan fingerprint density at radius 3 is 2.78 bits per heavy atom. The fourth-order valence-electron chi connectivity index (χ4n) is 2.34. The Hall–Kier alpha value is -1.02. The lowest BCUT2D eigenvalue weighted by Crippen LogP contribution is -2.02. The van der Waals surface area contributed by atoms with E-state index in [1.54, 1.807) is 0 Å². The standard InChI is InChI=1S/C15H21ClN2/c1-3-4-5-6-9-18-14-8-7-12(2)10-13(14)17-15(18)11-16/h7-8,10H,3-6,9,11H2,1-2H3. The molecule has 2 aromatic rings. The summed E-state index contributed by atoms with van der Waals surface area (Å²) >= 11 is 6.00. The summed E-state index contributed by atoms with van der Waals surface area (Å²) < 4.78 is 2.28. The van der Waals surface area contributed by atoms with Crippen LogP contribution in [0.3, 0.4) is 0 Å². The van der Waals surface area contributed by atoms with Crippen molar-refractivity contribution < 1.29 is 0 Å². The molecule has 0 N–H and O–H groups in total. The van der Waals surface area contributed by atoms with E-state index in [9.17, 15) is 0 Å². The lowest BCUT2D eigenvalue weighted by molar-refractivity contribution is 0.581. The smallest absolute Gasteiger partial charge is 0.124 e. The molecule has 1 aromatic heterocycles. The first-order chi connectivity index (χ1) is 8.76. The third-order valence-corrected chi connectivity index (χ3v) is 3.58. The summed E-state index contributed by atoms with van der Waals surface area (Å²) in [6.45, 7) is 5.36. The Bertz CT molecular complexity index is 516. The van der Waals surface area contributed by atoms with Gasteiger partial charge in [0.05, 0.1) is 16.9 Å². The van der Waals surface area contributed by atoms with Crippen LogP contribution in [0.2, 0.25) is 0 Å². The Kier molecular flexibility index (Phi) is 4.65. The topological polar surface area (TPSA) is 17.8 Å². The molecule has 0 unspecified atom stereocenters. The van der Waals surface area contributed by atoms with Crippen molar-refractivity contribution in [2.24, 2.45) is 0 Å². The minimum absolute atomic E-state index is 0.488. The van der Waals surface area contributed by atoms with Gasteiger partial charge < -0.3 is 4.57 Å². The van der Waals surface area contributed by atoms with E-state index in [1.807, 2.05) is 0 Å². The number of aromatic nitrogens is 2. The molecule has 0 radical (unpaired) electrons. The van der Waals surface area contributed by atoms with Gasteiger partial charge >= 0.3 is 0 Å². The van der Waals surface area contributed by atoms with Crippen molar-refractivity contribution in [2.45, 2.75) is 52.0 Å². The SMILES string of the molecule is CCCCCCn1c(CCl)nc2cc(C)ccc21. The van der Waals surface area contributed by atoms with Gasteiger partial charge in [0.15, 0.2) is 0 Å². The Balaban J connectivity index is 2.23. The number of hydrogen-bond acceptors (Lipinski definition) is 1. The van der Waals surface area contributed by atoms with Crippen molar-refractivity contribution in [3.63, 3.8) is 0 Å². The van der Waals surface area contributed by atoms with Gasteiger partial charge in [0.2, 0.25) is 0 Å². The van der Waals surface area contributed by atoms with Crippen LogP contribution in [0.25, 0.3) is 11.0 Å². The average Bonchev–Trinajstić information content (AvgIpc) is 2.71. The molecule has 2 rings (SSSR count). The lowest BCUT2D eigenvalue weighted by atomic mass is 10.2. The van der Waals surface area contributed by atoms with Crippen LogP contribution in [0.4, 0.5) is 0 Å². The van der Waals surface area contributed by atoms with E-state index in [2.05, 4.69) is 41.6 Å². The van der Waals surface area contributed by atoms with Crippen LogP contribution in [0.1, 0.15) is 44.0 Å². The molecule has 1 aromatic carbocycles. The molecule has 98 valence electrons. The molecule has 1 heterocycles. The molecular formula is C15H21ClN2. The Morgan fingerprint density at radius 2 is 2.06 bits per heavy atom. The van der Waals surface area contributed by atoms with Gasteiger partial charge in [-0.3, -0.25) is 0 Å². The molecule has 0 amide bonds. The maximum Gasteiger partial charge on any atom is 0.124 e. The molecule has 3 heteroatoms. The van der Waals surface area contributed by atoms with Gasteiger partial charge in [0.1, 0.15) is 5.82 Å². The first kappa shape index (κ1) is 13.4. The van der Waals surface area contributed by atoms with Crippen molar-refractivity contribution in [2.75, 3.05) is 0 Å². The highest BCUT2D eigenvalue weighted by Gasteiger charge is 2.09. The van der Waals surface area contributed by atoms with Crippen molar-refractivity contribution in [3.8, 4) is 0 Å². The summed E-state index contributed by atoms with van der Waals surface area (Å²) in [7, 11) is 0. The quantitative estimate of drug-likeness (QED) is 0.548. The van der Waals surface area contributed by atoms with Crippen LogP contribution in [-0.2, 0) is 12.4 Å². The highest BCUT2D eigenvalue weighted by Crippen LogP contribution is 2.20. The Morgan fingerprint density at radius 1 is 1.22 bits per heavy atom. The maximum absolute atomic E-state index is 6.00. The van der Waals surface area contributed by atoms with Crippen LogP contribution in [0, 0.1) is 6.92 Å². The predicted molar refractivity (Wildman–Crippen MR) is 78.2 cm³/mol. The zero-order chi connectivity index (χ0) is 13.0. The zero-order valence-corrected chi connectivity index (χ0v) is 12.0.